The summed E-state index contributed by atoms with van der Waals surface area (Å²) in [6.45, 7) is 1.70. The van der Waals surface area contributed by atoms with Crippen molar-refractivity contribution in [1.29, 1.82) is 0 Å². The first-order valence-corrected chi connectivity index (χ1v) is 7.07. The highest BCUT2D eigenvalue weighted by molar-refractivity contribution is 8.76. The van der Waals surface area contributed by atoms with Crippen LogP contribution in [0.15, 0.2) is 0 Å². The molecule has 9 heteroatoms. The fourth-order valence-corrected chi connectivity index (χ4v) is 3.27. The van der Waals surface area contributed by atoms with Gasteiger partial charge < -0.3 is 21.7 Å². The molecule has 0 aliphatic heterocycles. The summed E-state index contributed by atoms with van der Waals surface area (Å²) in [4.78, 5) is 21.2. The molecule has 0 spiro atoms. The Labute approximate surface area is 114 Å². The Hall–Kier alpha value is -0.150. The lowest BCUT2D eigenvalue weighted by atomic mass is 10.0. The molecular weight excluding hydrogens is 288 g/mol. The van der Waals surface area contributed by atoms with Crippen LogP contribution in [-0.4, -0.2) is 45.2 Å². The average molecular weight is 305 g/mol. The molecule has 0 aliphatic carbocycles. The number of carbonyl (C=O) groups is 2. The van der Waals surface area contributed by atoms with Crippen LogP contribution >= 0.6 is 34.0 Å². The van der Waals surface area contributed by atoms with Crippen LogP contribution < -0.4 is 11.5 Å². The van der Waals surface area contributed by atoms with Crippen LogP contribution in [0.4, 0.5) is 0 Å². The Morgan fingerprint density at radius 2 is 1.88 bits per heavy atom. The summed E-state index contributed by atoms with van der Waals surface area (Å²) >= 11 is 0. The molecule has 0 amide bonds. The molecule has 0 bridgehead atoms. The molecule has 0 fully saturated rings. The number of rotatable bonds is 8. The monoisotopic (exact) mass is 304 g/mol. The maximum Gasteiger partial charge on any atom is 0.324 e. The minimum Gasteiger partial charge on any atom is -0.480 e. The molecule has 102 valence electrons. The molecule has 0 rings (SSSR count). The Bertz CT molecular complexity index is 270. The van der Waals surface area contributed by atoms with E-state index in [1.165, 1.54) is 21.6 Å². The van der Waals surface area contributed by atoms with Crippen molar-refractivity contribution in [1.82, 2.24) is 0 Å². The van der Waals surface area contributed by atoms with Crippen LogP contribution in [0.2, 0.25) is 0 Å². The van der Waals surface area contributed by atoms with Crippen LogP contribution in [0.25, 0.3) is 0 Å². The van der Waals surface area contributed by atoms with Crippen molar-refractivity contribution in [3.05, 3.63) is 0 Å². The molecule has 0 aliphatic rings. The molecule has 17 heavy (non-hydrogen) atoms. The smallest absolute Gasteiger partial charge is 0.324 e. The van der Waals surface area contributed by atoms with E-state index in [4.69, 9.17) is 21.7 Å². The van der Waals surface area contributed by atoms with Gasteiger partial charge in [0.1, 0.15) is 11.6 Å². The maximum absolute atomic E-state index is 10.8. The number of hydrogen-bond donors (Lipinski definition) is 4. The third kappa shape index (κ3) is 6.99. The number of halogens is 1. The van der Waals surface area contributed by atoms with E-state index < -0.39 is 23.5 Å². The SMILES string of the molecule is CC[C@](N)(CSSC[C@H](N)C(=O)O)C(=O)O.Cl. The normalized spacial score (nSPS) is 15.5. The number of carboxylic acids is 2. The number of hydrogen-bond acceptors (Lipinski definition) is 6. The highest BCUT2D eigenvalue weighted by Gasteiger charge is 2.31. The van der Waals surface area contributed by atoms with Crippen molar-refractivity contribution >= 4 is 45.9 Å². The van der Waals surface area contributed by atoms with Gasteiger partial charge >= 0.3 is 11.9 Å². The molecule has 0 radical (unpaired) electrons. The maximum atomic E-state index is 10.8. The summed E-state index contributed by atoms with van der Waals surface area (Å²) in [6.07, 6.45) is 0.320. The van der Waals surface area contributed by atoms with Gasteiger partial charge in [-0.05, 0) is 6.42 Å². The van der Waals surface area contributed by atoms with Gasteiger partial charge in [-0.25, -0.2) is 0 Å². The summed E-state index contributed by atoms with van der Waals surface area (Å²) in [5.41, 5.74) is 9.65. The second-order valence-corrected chi connectivity index (χ2v) is 5.81. The lowest BCUT2D eigenvalue weighted by molar-refractivity contribution is -0.142. The topological polar surface area (TPSA) is 127 Å². The van der Waals surface area contributed by atoms with Crippen molar-refractivity contribution in [3.63, 3.8) is 0 Å². The molecular formula is C8H17ClN2O4S2. The van der Waals surface area contributed by atoms with E-state index in [-0.39, 0.29) is 23.9 Å². The van der Waals surface area contributed by atoms with Gasteiger partial charge in [-0.1, -0.05) is 28.5 Å². The zero-order valence-corrected chi connectivity index (χ0v) is 11.7. The Kier molecular flexibility index (Phi) is 10.0. The van der Waals surface area contributed by atoms with Crippen LogP contribution in [0, 0.1) is 0 Å². The molecule has 6 N–H and O–H groups in total. The predicted octanol–water partition coefficient (Wildman–Crippen LogP) is 0.394. The first kappa shape index (κ1) is 19.2. The third-order valence-corrected chi connectivity index (χ3v) is 4.58. The van der Waals surface area contributed by atoms with Crippen LogP contribution in [0.3, 0.4) is 0 Å². The molecule has 0 saturated carbocycles. The summed E-state index contributed by atoms with van der Waals surface area (Å²) in [6, 6.07) is -0.934. The second-order valence-electron chi connectivity index (χ2n) is 3.31. The lowest BCUT2D eigenvalue weighted by Crippen LogP contribution is -2.49. The first-order chi connectivity index (χ1) is 7.33. The molecule has 2 atom stereocenters. The minimum absolute atomic E-state index is 0. The van der Waals surface area contributed by atoms with Gasteiger partial charge in [0.25, 0.3) is 0 Å². The largest absolute Gasteiger partial charge is 0.480 e. The van der Waals surface area contributed by atoms with Gasteiger partial charge in [-0.2, -0.15) is 0 Å². The highest BCUT2D eigenvalue weighted by Crippen LogP contribution is 2.26. The van der Waals surface area contributed by atoms with E-state index in [2.05, 4.69) is 0 Å². The number of nitrogens with two attached hydrogens (primary N) is 2. The van der Waals surface area contributed by atoms with E-state index in [0.717, 1.165) is 0 Å². The zero-order valence-electron chi connectivity index (χ0n) is 9.29. The van der Waals surface area contributed by atoms with E-state index in [1.54, 1.807) is 6.92 Å². The van der Waals surface area contributed by atoms with Gasteiger partial charge in [0.05, 0.1) is 0 Å². The van der Waals surface area contributed by atoms with Crippen molar-refractivity contribution in [2.24, 2.45) is 11.5 Å². The number of carboxylic acid groups (broad SMARTS) is 2. The standard InChI is InChI=1S/C8H16N2O4S2.ClH/c1-2-8(10,7(13)14)4-16-15-3-5(9)6(11)12;/h5H,2-4,9-10H2,1H3,(H,11,12)(H,13,14);1H/t5-,8-;/m0./s1. The lowest BCUT2D eigenvalue weighted by Gasteiger charge is -2.21. The van der Waals surface area contributed by atoms with E-state index in [9.17, 15) is 9.59 Å². The molecule has 0 saturated heterocycles. The van der Waals surface area contributed by atoms with Crippen molar-refractivity contribution in [2.75, 3.05) is 11.5 Å². The van der Waals surface area contributed by atoms with E-state index in [0.29, 0.717) is 6.42 Å². The van der Waals surface area contributed by atoms with Gasteiger partial charge in [-0.15, -0.1) is 12.4 Å². The van der Waals surface area contributed by atoms with Gasteiger partial charge in [-0.3, -0.25) is 9.59 Å². The summed E-state index contributed by atoms with van der Waals surface area (Å²) in [7, 11) is 2.44. The van der Waals surface area contributed by atoms with Crippen LogP contribution in [0.5, 0.6) is 0 Å². The molecule has 0 aromatic rings. The Balaban J connectivity index is 0. The molecule has 0 aromatic heterocycles. The van der Waals surface area contributed by atoms with Gasteiger partial charge in [0.15, 0.2) is 0 Å². The van der Waals surface area contributed by atoms with E-state index in [1.807, 2.05) is 0 Å². The Morgan fingerprint density at radius 3 is 2.24 bits per heavy atom. The molecule has 0 aromatic carbocycles. The van der Waals surface area contributed by atoms with Crippen LogP contribution in [-0.2, 0) is 9.59 Å². The van der Waals surface area contributed by atoms with Crippen LogP contribution in [0.1, 0.15) is 13.3 Å². The van der Waals surface area contributed by atoms with Crippen molar-refractivity contribution in [3.8, 4) is 0 Å². The van der Waals surface area contributed by atoms with Gasteiger partial charge in [0.2, 0.25) is 0 Å². The van der Waals surface area contributed by atoms with Crippen molar-refractivity contribution < 1.29 is 19.8 Å². The predicted molar refractivity (Wildman–Crippen MR) is 72.6 cm³/mol. The van der Waals surface area contributed by atoms with Gasteiger partial charge in [0, 0.05) is 11.5 Å². The summed E-state index contributed by atoms with van der Waals surface area (Å²) in [5.74, 6) is -1.68. The second kappa shape index (κ2) is 8.87. The summed E-state index contributed by atoms with van der Waals surface area (Å²) in [5, 5.41) is 17.4. The minimum atomic E-state index is -1.26. The van der Waals surface area contributed by atoms with E-state index >= 15 is 0 Å². The number of aliphatic carboxylic acids is 2. The third-order valence-electron chi connectivity index (χ3n) is 2.02. The average Bonchev–Trinajstić information content (AvgIpc) is 2.23. The molecule has 0 unspecified atom stereocenters. The first-order valence-electron chi connectivity index (χ1n) is 4.58. The zero-order chi connectivity index (χ0) is 12.8. The highest BCUT2D eigenvalue weighted by atomic mass is 35.5. The summed E-state index contributed by atoms with van der Waals surface area (Å²) < 4.78 is 0. The quantitative estimate of drug-likeness (QED) is 0.375. The fraction of sp³-hybridized carbons (Fsp3) is 0.750. The molecule has 6 nitrogen and oxygen atoms in total. The van der Waals surface area contributed by atoms with Crippen molar-refractivity contribution in [2.45, 2.75) is 24.9 Å². The Morgan fingerprint density at radius 1 is 1.35 bits per heavy atom. The molecule has 0 heterocycles. The fourth-order valence-electron chi connectivity index (χ4n) is 0.655.